The number of rotatable bonds is 3. The Morgan fingerprint density at radius 1 is 1.50 bits per heavy atom. The molecular weight excluding hydrogens is 306 g/mol. The predicted molar refractivity (Wildman–Crippen MR) is 72.3 cm³/mol. The molecule has 1 saturated heterocycles. The SMILES string of the molecule is Cc1c(Cl)cccc1S(=O)(=O)N1CCOC(C(=O)O)C1. The van der Waals surface area contributed by atoms with Crippen molar-refractivity contribution in [2.24, 2.45) is 0 Å². The summed E-state index contributed by atoms with van der Waals surface area (Å²) in [5.74, 6) is -1.17. The Hall–Kier alpha value is -1.15. The summed E-state index contributed by atoms with van der Waals surface area (Å²) in [6.07, 6.45) is -1.14. The van der Waals surface area contributed by atoms with Crippen LogP contribution < -0.4 is 0 Å². The van der Waals surface area contributed by atoms with Crippen molar-refractivity contribution in [2.75, 3.05) is 19.7 Å². The highest BCUT2D eigenvalue weighted by Gasteiger charge is 2.34. The second-order valence-electron chi connectivity index (χ2n) is 4.42. The smallest absolute Gasteiger partial charge is 0.334 e. The number of ether oxygens (including phenoxy) is 1. The van der Waals surface area contributed by atoms with E-state index in [2.05, 4.69) is 0 Å². The highest BCUT2D eigenvalue weighted by molar-refractivity contribution is 7.89. The fraction of sp³-hybridized carbons (Fsp3) is 0.417. The minimum absolute atomic E-state index is 0.0514. The molecule has 20 heavy (non-hydrogen) atoms. The van der Waals surface area contributed by atoms with Gasteiger partial charge in [0.1, 0.15) is 0 Å². The summed E-state index contributed by atoms with van der Waals surface area (Å²) in [6, 6.07) is 4.62. The maximum atomic E-state index is 12.5. The third-order valence-corrected chi connectivity index (χ3v) is 5.56. The number of morpholine rings is 1. The first-order valence-corrected chi connectivity index (χ1v) is 7.75. The molecule has 0 amide bonds. The van der Waals surface area contributed by atoms with Crippen LogP contribution in [0.4, 0.5) is 0 Å². The molecule has 1 aliphatic rings. The number of aliphatic carboxylic acids is 1. The molecule has 1 aliphatic heterocycles. The van der Waals surface area contributed by atoms with Crippen molar-refractivity contribution >= 4 is 27.6 Å². The number of hydrogen-bond acceptors (Lipinski definition) is 4. The number of benzene rings is 1. The second kappa shape index (κ2) is 5.69. The molecule has 0 aromatic heterocycles. The normalized spacial score (nSPS) is 20.8. The van der Waals surface area contributed by atoms with Crippen molar-refractivity contribution in [3.63, 3.8) is 0 Å². The lowest BCUT2D eigenvalue weighted by molar-refractivity contribution is -0.153. The zero-order valence-electron chi connectivity index (χ0n) is 10.7. The van der Waals surface area contributed by atoms with E-state index in [4.69, 9.17) is 21.4 Å². The molecule has 1 fully saturated rings. The molecule has 0 radical (unpaired) electrons. The summed E-state index contributed by atoms with van der Waals surface area (Å²) in [7, 11) is -3.78. The van der Waals surface area contributed by atoms with Crippen LogP contribution in [0.1, 0.15) is 5.56 Å². The molecule has 1 aromatic carbocycles. The number of carboxylic acids is 1. The van der Waals surface area contributed by atoms with Gasteiger partial charge in [0.25, 0.3) is 0 Å². The van der Waals surface area contributed by atoms with E-state index in [-0.39, 0.29) is 24.6 Å². The number of carboxylic acid groups (broad SMARTS) is 1. The highest BCUT2D eigenvalue weighted by atomic mass is 35.5. The fourth-order valence-electron chi connectivity index (χ4n) is 2.00. The van der Waals surface area contributed by atoms with E-state index in [0.717, 1.165) is 4.31 Å². The summed E-state index contributed by atoms with van der Waals surface area (Å²) in [4.78, 5) is 11.0. The van der Waals surface area contributed by atoms with E-state index in [1.807, 2.05) is 0 Å². The first-order valence-electron chi connectivity index (χ1n) is 5.93. The molecule has 2 rings (SSSR count). The van der Waals surface area contributed by atoms with Crippen molar-refractivity contribution in [3.8, 4) is 0 Å². The van der Waals surface area contributed by atoms with Gasteiger partial charge in [-0.25, -0.2) is 13.2 Å². The first kappa shape index (κ1) is 15.2. The first-order chi connectivity index (χ1) is 9.34. The van der Waals surface area contributed by atoms with Crippen LogP contribution in [0.5, 0.6) is 0 Å². The summed E-state index contributed by atoms with van der Waals surface area (Å²) >= 11 is 5.94. The van der Waals surface area contributed by atoms with Gasteiger partial charge in [0, 0.05) is 11.6 Å². The van der Waals surface area contributed by atoms with Crippen LogP contribution >= 0.6 is 11.6 Å². The number of nitrogens with zero attached hydrogens (tertiary/aromatic N) is 1. The number of halogens is 1. The molecule has 0 spiro atoms. The quantitative estimate of drug-likeness (QED) is 0.902. The minimum Gasteiger partial charge on any atom is -0.479 e. The van der Waals surface area contributed by atoms with Gasteiger partial charge >= 0.3 is 5.97 Å². The van der Waals surface area contributed by atoms with Crippen LogP contribution in [-0.4, -0.2) is 49.6 Å². The molecule has 8 heteroatoms. The van der Waals surface area contributed by atoms with Gasteiger partial charge in [-0.15, -0.1) is 0 Å². The monoisotopic (exact) mass is 319 g/mol. The molecule has 1 heterocycles. The largest absolute Gasteiger partial charge is 0.479 e. The maximum Gasteiger partial charge on any atom is 0.334 e. The summed E-state index contributed by atoms with van der Waals surface area (Å²) in [6.45, 7) is 1.59. The maximum absolute atomic E-state index is 12.5. The average molecular weight is 320 g/mol. The van der Waals surface area contributed by atoms with Gasteiger partial charge < -0.3 is 9.84 Å². The van der Waals surface area contributed by atoms with E-state index in [0.29, 0.717) is 10.6 Å². The molecule has 6 nitrogen and oxygen atoms in total. The van der Waals surface area contributed by atoms with E-state index in [9.17, 15) is 13.2 Å². The predicted octanol–water partition coefficient (Wildman–Crippen LogP) is 1.12. The summed E-state index contributed by atoms with van der Waals surface area (Å²) < 4.78 is 31.2. The Labute approximate surface area is 122 Å². The zero-order chi connectivity index (χ0) is 14.9. The van der Waals surface area contributed by atoms with Crippen molar-refractivity contribution in [1.82, 2.24) is 4.31 Å². The van der Waals surface area contributed by atoms with Crippen LogP contribution in [0, 0.1) is 6.92 Å². The fourth-order valence-corrected chi connectivity index (χ4v) is 3.90. The van der Waals surface area contributed by atoms with Gasteiger partial charge in [-0.05, 0) is 24.6 Å². The van der Waals surface area contributed by atoms with Crippen molar-refractivity contribution < 1.29 is 23.1 Å². The van der Waals surface area contributed by atoms with Gasteiger partial charge in [-0.3, -0.25) is 0 Å². The minimum atomic E-state index is -3.78. The van der Waals surface area contributed by atoms with E-state index >= 15 is 0 Å². The molecule has 0 saturated carbocycles. The summed E-state index contributed by atoms with van der Waals surface area (Å²) in [5.41, 5.74) is 0.451. The third-order valence-electron chi connectivity index (χ3n) is 3.14. The Balaban J connectivity index is 2.35. The van der Waals surface area contributed by atoms with Gasteiger partial charge in [0.15, 0.2) is 6.10 Å². The van der Waals surface area contributed by atoms with Crippen LogP contribution in [-0.2, 0) is 19.6 Å². The molecule has 1 atom stereocenters. The van der Waals surface area contributed by atoms with Crippen molar-refractivity contribution in [1.29, 1.82) is 0 Å². The lowest BCUT2D eigenvalue weighted by atomic mass is 10.2. The molecule has 1 aromatic rings. The lowest BCUT2D eigenvalue weighted by Crippen LogP contribution is -2.48. The molecule has 0 bridgehead atoms. The Bertz CT molecular complexity index is 631. The molecule has 1 N–H and O–H groups in total. The molecule has 0 aliphatic carbocycles. The van der Waals surface area contributed by atoms with Crippen LogP contribution in [0.3, 0.4) is 0 Å². The molecular formula is C12H14ClNO5S. The highest BCUT2D eigenvalue weighted by Crippen LogP contribution is 2.26. The van der Waals surface area contributed by atoms with Gasteiger partial charge in [0.2, 0.25) is 10.0 Å². The number of sulfonamides is 1. The average Bonchev–Trinajstić information content (AvgIpc) is 2.41. The number of carbonyl (C=O) groups is 1. The van der Waals surface area contributed by atoms with Gasteiger partial charge in [-0.2, -0.15) is 4.31 Å². The Kier molecular flexibility index (Phi) is 4.33. The second-order valence-corrected chi connectivity index (χ2v) is 6.74. The summed E-state index contributed by atoms with van der Waals surface area (Å²) in [5, 5.41) is 9.28. The van der Waals surface area contributed by atoms with E-state index in [1.54, 1.807) is 19.1 Å². The number of hydrogen-bond donors (Lipinski definition) is 1. The van der Waals surface area contributed by atoms with Crippen molar-refractivity contribution in [2.45, 2.75) is 17.9 Å². The topological polar surface area (TPSA) is 83.9 Å². The Morgan fingerprint density at radius 3 is 2.85 bits per heavy atom. The van der Waals surface area contributed by atoms with Crippen LogP contribution in [0.15, 0.2) is 23.1 Å². The third kappa shape index (κ3) is 2.80. The van der Waals surface area contributed by atoms with E-state index < -0.39 is 22.1 Å². The molecule has 1 unspecified atom stereocenters. The van der Waals surface area contributed by atoms with E-state index in [1.165, 1.54) is 6.07 Å². The van der Waals surface area contributed by atoms with Crippen LogP contribution in [0.25, 0.3) is 0 Å². The van der Waals surface area contributed by atoms with Gasteiger partial charge in [0.05, 0.1) is 18.0 Å². The Morgan fingerprint density at radius 2 is 2.20 bits per heavy atom. The zero-order valence-corrected chi connectivity index (χ0v) is 12.3. The van der Waals surface area contributed by atoms with Crippen molar-refractivity contribution in [3.05, 3.63) is 28.8 Å². The standard InChI is InChI=1S/C12H14ClNO5S/c1-8-9(13)3-2-4-11(8)20(17,18)14-5-6-19-10(7-14)12(15)16/h2-4,10H,5-7H2,1H3,(H,15,16). The van der Waals surface area contributed by atoms with Gasteiger partial charge in [-0.1, -0.05) is 17.7 Å². The van der Waals surface area contributed by atoms with Crippen LogP contribution in [0.2, 0.25) is 5.02 Å². The molecule has 110 valence electrons. The lowest BCUT2D eigenvalue weighted by Gasteiger charge is -2.30.